The van der Waals surface area contributed by atoms with Crippen LogP contribution in [-0.4, -0.2) is 29.5 Å². The number of benzene rings is 3. The van der Waals surface area contributed by atoms with Gasteiger partial charge in [0.15, 0.2) is 17.0 Å². The maximum absolute atomic E-state index is 14.0. The molecule has 2 aliphatic rings. The van der Waals surface area contributed by atoms with E-state index in [9.17, 15) is 19.3 Å². The van der Waals surface area contributed by atoms with Crippen LogP contribution in [0.2, 0.25) is 0 Å². The smallest absolute Gasteiger partial charge is 0.256 e. The lowest BCUT2D eigenvalue weighted by Crippen LogP contribution is -2.54. The molecular weight excluding hydrogens is 465 g/mol. The van der Waals surface area contributed by atoms with Crippen molar-refractivity contribution in [3.05, 3.63) is 99.4 Å². The van der Waals surface area contributed by atoms with Crippen LogP contribution in [0.4, 0.5) is 10.1 Å². The average Bonchev–Trinajstić information content (AvgIpc) is 3.33. The van der Waals surface area contributed by atoms with Crippen LogP contribution in [0.1, 0.15) is 36.5 Å². The summed E-state index contributed by atoms with van der Waals surface area (Å²) in [5, 5.41) is 18.6. The minimum absolute atomic E-state index is 0.00503. The molecule has 1 fully saturated rings. The molecule has 2 aliphatic heterocycles. The summed E-state index contributed by atoms with van der Waals surface area (Å²) in [5.41, 5.74) is 0.699. The number of carbonyl (C=O) groups is 1. The highest BCUT2D eigenvalue weighted by Gasteiger charge is 2.67. The van der Waals surface area contributed by atoms with E-state index < -0.39 is 29.4 Å². The number of amides is 1. The van der Waals surface area contributed by atoms with E-state index in [1.54, 1.807) is 60.7 Å². The molecule has 2 heterocycles. The van der Waals surface area contributed by atoms with Gasteiger partial charge in [0.2, 0.25) is 0 Å². The van der Waals surface area contributed by atoms with Crippen LogP contribution in [-0.2, 0) is 16.9 Å². The molecule has 5 rings (SSSR count). The highest BCUT2D eigenvalue weighted by atomic mass is 19.1. The number of hydrogen-bond donors (Lipinski definition) is 2. The quantitative estimate of drug-likeness (QED) is 0.376. The summed E-state index contributed by atoms with van der Waals surface area (Å²) in [7, 11) is 0. The number of para-hydroxylation sites is 1. The fraction of sp³-hybridized carbons (Fsp3) is 0.296. The van der Waals surface area contributed by atoms with Crippen molar-refractivity contribution in [2.45, 2.75) is 44.0 Å². The molecular formula is C27H26FN3O5. The van der Waals surface area contributed by atoms with Crippen molar-refractivity contribution in [1.29, 1.82) is 0 Å². The molecule has 3 aromatic carbocycles. The average molecular weight is 492 g/mol. The van der Waals surface area contributed by atoms with E-state index in [0.717, 1.165) is 0 Å². The molecule has 36 heavy (non-hydrogen) atoms. The SMILES string of the molecule is CCOc1cc([C@@H]2[C@H](C)N[C@]3(C(=O)Nc4ccccc43)[C@@H]2[N+](=O)[O-])ccc1OCc1ccccc1F. The van der Waals surface area contributed by atoms with Gasteiger partial charge in [-0.25, -0.2) is 4.39 Å². The third-order valence-electron chi connectivity index (χ3n) is 6.96. The van der Waals surface area contributed by atoms with E-state index >= 15 is 0 Å². The molecule has 4 atom stereocenters. The van der Waals surface area contributed by atoms with Crippen LogP contribution in [0, 0.1) is 15.9 Å². The number of nitrogens with zero attached hydrogens (tertiary/aromatic N) is 1. The number of nitrogens with one attached hydrogen (secondary N) is 2. The molecule has 0 radical (unpaired) electrons. The lowest BCUT2D eigenvalue weighted by molar-refractivity contribution is -0.532. The van der Waals surface area contributed by atoms with Gasteiger partial charge >= 0.3 is 0 Å². The Morgan fingerprint density at radius 3 is 2.56 bits per heavy atom. The molecule has 0 aliphatic carbocycles. The fourth-order valence-corrected chi connectivity index (χ4v) is 5.44. The molecule has 8 nitrogen and oxygen atoms in total. The third-order valence-corrected chi connectivity index (χ3v) is 6.96. The zero-order valence-electron chi connectivity index (χ0n) is 19.9. The lowest BCUT2D eigenvalue weighted by Gasteiger charge is -2.25. The van der Waals surface area contributed by atoms with Crippen LogP contribution in [0.5, 0.6) is 11.5 Å². The number of fused-ring (bicyclic) bond motifs is 2. The Kier molecular flexibility index (Phi) is 6.09. The Bertz CT molecular complexity index is 1330. The van der Waals surface area contributed by atoms with Gasteiger partial charge in [0, 0.05) is 27.8 Å². The van der Waals surface area contributed by atoms with Crippen molar-refractivity contribution >= 4 is 11.6 Å². The molecule has 2 N–H and O–H groups in total. The number of rotatable bonds is 7. The first-order valence-corrected chi connectivity index (χ1v) is 11.8. The number of hydrogen-bond acceptors (Lipinski definition) is 6. The molecule has 0 unspecified atom stereocenters. The van der Waals surface area contributed by atoms with E-state index in [1.165, 1.54) is 6.07 Å². The van der Waals surface area contributed by atoms with Crippen molar-refractivity contribution in [2.24, 2.45) is 0 Å². The Labute approximate surface area is 207 Å². The van der Waals surface area contributed by atoms with Crippen molar-refractivity contribution in [1.82, 2.24) is 5.32 Å². The summed E-state index contributed by atoms with van der Waals surface area (Å²) in [6.45, 7) is 4.01. The monoisotopic (exact) mass is 491 g/mol. The van der Waals surface area contributed by atoms with Gasteiger partial charge < -0.3 is 14.8 Å². The van der Waals surface area contributed by atoms with Crippen molar-refractivity contribution in [3.63, 3.8) is 0 Å². The standard InChI is InChI=1S/C27H26FN3O5/c1-3-35-23-14-17(12-13-22(23)36-15-18-8-4-6-10-20(18)28)24-16(2)30-27(25(24)31(33)34)19-9-5-7-11-21(19)29-26(27)32/h4-14,16,24-25,30H,3,15H2,1-2H3,(H,29,32)/t16-,24-,25+,27-/m0/s1. The number of halogens is 1. The van der Waals surface area contributed by atoms with Gasteiger partial charge in [0.05, 0.1) is 12.5 Å². The highest BCUT2D eigenvalue weighted by Crippen LogP contribution is 2.50. The van der Waals surface area contributed by atoms with E-state index in [4.69, 9.17) is 9.47 Å². The van der Waals surface area contributed by atoms with E-state index in [-0.39, 0.29) is 17.3 Å². The Morgan fingerprint density at radius 2 is 1.81 bits per heavy atom. The molecule has 1 spiro atoms. The predicted molar refractivity (Wildman–Crippen MR) is 131 cm³/mol. The molecule has 1 amide bonds. The number of carbonyl (C=O) groups excluding carboxylic acids is 1. The molecule has 9 heteroatoms. The molecule has 186 valence electrons. The summed E-state index contributed by atoms with van der Waals surface area (Å²) >= 11 is 0. The van der Waals surface area contributed by atoms with Crippen molar-refractivity contribution < 1.29 is 23.6 Å². The van der Waals surface area contributed by atoms with Crippen LogP contribution in [0.25, 0.3) is 0 Å². The zero-order valence-corrected chi connectivity index (χ0v) is 19.9. The van der Waals surface area contributed by atoms with Crippen molar-refractivity contribution in [3.8, 4) is 11.5 Å². The summed E-state index contributed by atoms with van der Waals surface area (Å²) in [6.07, 6.45) is 0. The lowest BCUT2D eigenvalue weighted by atomic mass is 9.78. The molecule has 0 aromatic heterocycles. The normalized spacial score (nSPS) is 24.4. The summed E-state index contributed by atoms with van der Waals surface area (Å²) in [4.78, 5) is 25.4. The van der Waals surface area contributed by atoms with Crippen LogP contribution < -0.4 is 20.1 Å². The topological polar surface area (TPSA) is 103 Å². The summed E-state index contributed by atoms with van der Waals surface area (Å²) in [6, 6.07) is 16.9. The molecule has 3 aromatic rings. The van der Waals surface area contributed by atoms with Crippen LogP contribution in [0.3, 0.4) is 0 Å². The van der Waals surface area contributed by atoms with E-state index in [2.05, 4.69) is 10.6 Å². The largest absolute Gasteiger partial charge is 0.490 e. The van der Waals surface area contributed by atoms with Gasteiger partial charge in [-0.3, -0.25) is 20.2 Å². The van der Waals surface area contributed by atoms with Gasteiger partial charge in [-0.05, 0) is 43.7 Å². The minimum Gasteiger partial charge on any atom is -0.490 e. The summed E-state index contributed by atoms with van der Waals surface area (Å²) in [5.74, 6) is -0.629. The van der Waals surface area contributed by atoms with Crippen molar-refractivity contribution in [2.75, 3.05) is 11.9 Å². The number of ether oxygens (including phenoxy) is 2. The maximum atomic E-state index is 14.0. The zero-order chi connectivity index (χ0) is 25.4. The first-order valence-electron chi connectivity index (χ1n) is 11.8. The fourth-order valence-electron chi connectivity index (χ4n) is 5.44. The van der Waals surface area contributed by atoms with Gasteiger partial charge in [-0.1, -0.05) is 42.5 Å². The van der Waals surface area contributed by atoms with Gasteiger partial charge in [-0.2, -0.15) is 0 Å². The van der Waals surface area contributed by atoms with Gasteiger partial charge in [-0.15, -0.1) is 0 Å². The summed E-state index contributed by atoms with van der Waals surface area (Å²) < 4.78 is 25.7. The second-order valence-electron chi connectivity index (χ2n) is 9.02. The Morgan fingerprint density at radius 1 is 1.06 bits per heavy atom. The first-order chi connectivity index (χ1) is 17.4. The first kappa shape index (κ1) is 23.7. The molecule has 0 saturated carbocycles. The van der Waals surface area contributed by atoms with E-state index in [1.807, 2.05) is 13.8 Å². The highest BCUT2D eigenvalue weighted by molar-refractivity contribution is 6.07. The molecule has 0 bridgehead atoms. The van der Waals surface area contributed by atoms with Gasteiger partial charge in [0.25, 0.3) is 11.9 Å². The van der Waals surface area contributed by atoms with Crippen LogP contribution >= 0.6 is 0 Å². The number of anilines is 1. The van der Waals surface area contributed by atoms with Crippen LogP contribution in [0.15, 0.2) is 66.7 Å². The Hall–Kier alpha value is -3.98. The Balaban J connectivity index is 1.51. The van der Waals surface area contributed by atoms with E-state index in [0.29, 0.717) is 40.5 Å². The third kappa shape index (κ3) is 3.76. The van der Waals surface area contributed by atoms with Gasteiger partial charge in [0.1, 0.15) is 12.4 Å². The second-order valence-corrected chi connectivity index (χ2v) is 9.02. The second kappa shape index (κ2) is 9.23. The molecule has 1 saturated heterocycles. The minimum atomic E-state index is -1.49. The number of nitro groups is 1. The maximum Gasteiger partial charge on any atom is 0.256 e. The predicted octanol–water partition coefficient (Wildman–Crippen LogP) is 4.37.